The third-order valence-corrected chi connectivity index (χ3v) is 6.75. The summed E-state index contributed by atoms with van der Waals surface area (Å²) >= 11 is 0. The molecule has 0 atom stereocenters. The molecule has 2 aromatic rings. The molecule has 0 aliphatic carbocycles. The lowest BCUT2D eigenvalue weighted by Gasteiger charge is -2.26. The van der Waals surface area contributed by atoms with E-state index in [0.717, 1.165) is 37.3 Å². The SMILES string of the molecule is O=C1CCCCN1c1ccc(S(=O)(=O)Nc2cccc(N3CCCC3)c2)cc1. The van der Waals surface area contributed by atoms with Crippen molar-refractivity contribution in [1.82, 2.24) is 0 Å². The largest absolute Gasteiger partial charge is 0.371 e. The molecule has 0 bridgehead atoms. The van der Waals surface area contributed by atoms with Gasteiger partial charge >= 0.3 is 0 Å². The van der Waals surface area contributed by atoms with Gasteiger partial charge in [0.15, 0.2) is 0 Å². The summed E-state index contributed by atoms with van der Waals surface area (Å²) in [4.78, 5) is 16.2. The summed E-state index contributed by atoms with van der Waals surface area (Å²) in [7, 11) is -3.69. The lowest BCUT2D eigenvalue weighted by Crippen LogP contribution is -2.35. The second-order valence-electron chi connectivity index (χ2n) is 7.35. The minimum atomic E-state index is -3.69. The van der Waals surface area contributed by atoms with Crippen molar-refractivity contribution < 1.29 is 13.2 Å². The first-order valence-electron chi connectivity index (χ1n) is 9.81. The number of carbonyl (C=O) groups excluding carboxylic acids is 1. The molecule has 1 N–H and O–H groups in total. The van der Waals surface area contributed by atoms with Crippen LogP contribution in [0.1, 0.15) is 32.1 Å². The van der Waals surface area contributed by atoms with Crippen LogP contribution in [0.5, 0.6) is 0 Å². The summed E-state index contributed by atoms with van der Waals surface area (Å²) in [6.45, 7) is 2.70. The average Bonchev–Trinajstić information content (AvgIpc) is 3.23. The van der Waals surface area contributed by atoms with Crippen molar-refractivity contribution in [2.24, 2.45) is 0 Å². The van der Waals surface area contributed by atoms with Crippen LogP contribution in [0, 0.1) is 0 Å². The summed E-state index contributed by atoms with van der Waals surface area (Å²) < 4.78 is 28.2. The first-order chi connectivity index (χ1) is 13.5. The Labute approximate surface area is 166 Å². The maximum absolute atomic E-state index is 12.8. The number of benzene rings is 2. The van der Waals surface area contributed by atoms with Gasteiger partial charge in [-0.25, -0.2) is 8.42 Å². The molecule has 1 amide bonds. The van der Waals surface area contributed by atoms with Gasteiger partial charge in [-0.3, -0.25) is 9.52 Å². The van der Waals surface area contributed by atoms with Crippen LogP contribution in [0.15, 0.2) is 53.4 Å². The summed E-state index contributed by atoms with van der Waals surface area (Å²) in [5.74, 6) is 0.0960. The van der Waals surface area contributed by atoms with E-state index in [0.29, 0.717) is 18.7 Å². The fourth-order valence-corrected chi connectivity index (χ4v) is 4.89. The van der Waals surface area contributed by atoms with Crippen LogP contribution < -0.4 is 14.5 Å². The highest BCUT2D eigenvalue weighted by Crippen LogP contribution is 2.26. The van der Waals surface area contributed by atoms with Crippen LogP contribution in [-0.2, 0) is 14.8 Å². The van der Waals surface area contributed by atoms with Crippen molar-refractivity contribution in [3.63, 3.8) is 0 Å². The molecule has 0 spiro atoms. The number of hydrogen-bond donors (Lipinski definition) is 1. The smallest absolute Gasteiger partial charge is 0.261 e. The van der Waals surface area contributed by atoms with Gasteiger partial charge in [0.2, 0.25) is 5.91 Å². The van der Waals surface area contributed by atoms with E-state index in [1.165, 1.54) is 12.8 Å². The van der Waals surface area contributed by atoms with Gasteiger partial charge < -0.3 is 9.80 Å². The normalized spacial score (nSPS) is 17.8. The van der Waals surface area contributed by atoms with E-state index in [1.807, 2.05) is 18.2 Å². The molecule has 28 heavy (non-hydrogen) atoms. The first-order valence-corrected chi connectivity index (χ1v) is 11.3. The Morgan fingerprint density at radius 2 is 1.54 bits per heavy atom. The Morgan fingerprint density at radius 3 is 2.25 bits per heavy atom. The third kappa shape index (κ3) is 3.99. The zero-order valence-electron chi connectivity index (χ0n) is 15.8. The zero-order valence-corrected chi connectivity index (χ0v) is 16.6. The summed E-state index contributed by atoms with van der Waals surface area (Å²) in [5, 5.41) is 0. The van der Waals surface area contributed by atoms with Gasteiger partial charge in [-0.05, 0) is 68.1 Å². The molecule has 4 rings (SSSR count). The molecule has 2 saturated heterocycles. The number of carbonyl (C=O) groups is 1. The van der Waals surface area contributed by atoms with E-state index in [2.05, 4.69) is 9.62 Å². The standard InChI is InChI=1S/C21H25N3O3S/c25-21-8-1-2-15-24(21)18-9-11-20(12-10-18)28(26,27)22-17-6-5-7-19(16-17)23-13-3-4-14-23/h5-7,9-12,16,22H,1-4,8,13-15H2. The van der Waals surface area contributed by atoms with Crippen molar-refractivity contribution in [3.05, 3.63) is 48.5 Å². The molecule has 0 unspecified atom stereocenters. The Bertz CT molecular complexity index is 951. The minimum Gasteiger partial charge on any atom is -0.371 e. The molecule has 7 heteroatoms. The van der Waals surface area contributed by atoms with Gasteiger partial charge in [0, 0.05) is 37.4 Å². The number of hydrogen-bond acceptors (Lipinski definition) is 4. The number of amides is 1. The highest BCUT2D eigenvalue weighted by atomic mass is 32.2. The molecule has 0 radical (unpaired) electrons. The molecule has 2 aliphatic heterocycles. The monoisotopic (exact) mass is 399 g/mol. The molecule has 0 aromatic heterocycles. The van der Waals surface area contributed by atoms with Crippen molar-refractivity contribution >= 4 is 33.0 Å². The van der Waals surface area contributed by atoms with E-state index in [9.17, 15) is 13.2 Å². The molecule has 2 aliphatic rings. The molecule has 148 valence electrons. The molecule has 0 saturated carbocycles. The maximum Gasteiger partial charge on any atom is 0.261 e. The number of nitrogens with zero attached hydrogens (tertiary/aromatic N) is 2. The fraction of sp³-hybridized carbons (Fsp3) is 0.381. The predicted octanol–water partition coefficient (Wildman–Crippen LogP) is 3.60. The van der Waals surface area contributed by atoms with E-state index in [4.69, 9.17) is 0 Å². The number of rotatable bonds is 5. The Kier molecular flexibility index (Phi) is 5.26. The lowest BCUT2D eigenvalue weighted by atomic mass is 10.1. The minimum absolute atomic E-state index is 0.0960. The molecule has 2 heterocycles. The van der Waals surface area contributed by atoms with Crippen LogP contribution in [0.3, 0.4) is 0 Å². The van der Waals surface area contributed by atoms with Crippen LogP contribution >= 0.6 is 0 Å². The topological polar surface area (TPSA) is 69.7 Å². The quantitative estimate of drug-likeness (QED) is 0.834. The summed E-state index contributed by atoms with van der Waals surface area (Å²) in [5.41, 5.74) is 2.34. The van der Waals surface area contributed by atoms with E-state index < -0.39 is 10.0 Å². The Morgan fingerprint density at radius 1 is 0.821 bits per heavy atom. The number of nitrogens with one attached hydrogen (secondary N) is 1. The van der Waals surface area contributed by atoms with Gasteiger partial charge in [0.1, 0.15) is 0 Å². The van der Waals surface area contributed by atoms with Crippen LogP contribution in [-0.4, -0.2) is 34.0 Å². The van der Waals surface area contributed by atoms with Crippen LogP contribution in [0.4, 0.5) is 17.1 Å². The van der Waals surface area contributed by atoms with Crippen molar-refractivity contribution in [3.8, 4) is 0 Å². The summed E-state index contributed by atoms with van der Waals surface area (Å²) in [6, 6.07) is 14.1. The Balaban J connectivity index is 1.50. The van der Waals surface area contributed by atoms with Crippen molar-refractivity contribution in [2.45, 2.75) is 37.0 Å². The van der Waals surface area contributed by atoms with Crippen LogP contribution in [0.25, 0.3) is 0 Å². The number of piperidine rings is 1. The second kappa shape index (κ2) is 7.83. The lowest BCUT2D eigenvalue weighted by molar-refractivity contribution is -0.119. The fourth-order valence-electron chi connectivity index (χ4n) is 3.84. The van der Waals surface area contributed by atoms with Gasteiger partial charge in [-0.1, -0.05) is 6.07 Å². The molecular weight excluding hydrogens is 374 g/mol. The maximum atomic E-state index is 12.8. The summed E-state index contributed by atoms with van der Waals surface area (Å²) in [6.07, 6.45) is 4.78. The molecule has 6 nitrogen and oxygen atoms in total. The van der Waals surface area contributed by atoms with Crippen LogP contribution in [0.2, 0.25) is 0 Å². The van der Waals surface area contributed by atoms with Gasteiger partial charge in [-0.15, -0.1) is 0 Å². The molecule has 2 aromatic carbocycles. The first kappa shape index (κ1) is 18.8. The van der Waals surface area contributed by atoms with Gasteiger partial charge in [0.25, 0.3) is 10.0 Å². The van der Waals surface area contributed by atoms with Gasteiger partial charge in [0.05, 0.1) is 10.6 Å². The highest BCUT2D eigenvalue weighted by Gasteiger charge is 2.21. The Hall–Kier alpha value is -2.54. The van der Waals surface area contributed by atoms with E-state index in [1.54, 1.807) is 35.2 Å². The van der Waals surface area contributed by atoms with Crippen molar-refractivity contribution in [2.75, 3.05) is 34.2 Å². The molecular formula is C21H25N3O3S. The number of anilines is 3. The second-order valence-corrected chi connectivity index (χ2v) is 9.03. The number of sulfonamides is 1. The van der Waals surface area contributed by atoms with Gasteiger partial charge in [-0.2, -0.15) is 0 Å². The van der Waals surface area contributed by atoms with E-state index in [-0.39, 0.29) is 10.8 Å². The predicted molar refractivity (Wildman–Crippen MR) is 111 cm³/mol. The average molecular weight is 400 g/mol. The highest BCUT2D eigenvalue weighted by molar-refractivity contribution is 7.92. The van der Waals surface area contributed by atoms with E-state index >= 15 is 0 Å². The molecule has 2 fully saturated rings. The van der Waals surface area contributed by atoms with Crippen molar-refractivity contribution in [1.29, 1.82) is 0 Å². The third-order valence-electron chi connectivity index (χ3n) is 5.35. The zero-order chi connectivity index (χ0) is 19.6.